The lowest BCUT2D eigenvalue weighted by atomic mass is 9.88. The third-order valence-corrected chi connectivity index (χ3v) is 13.0. The van der Waals surface area contributed by atoms with Crippen LogP contribution in [0.25, 0.3) is 10.8 Å². The number of amides is 4. The minimum Gasteiger partial charge on any atom is -0.496 e. The smallest absolute Gasteiger partial charge is 0.427 e. The molecule has 0 spiro atoms. The molecule has 2 aromatic rings. The van der Waals surface area contributed by atoms with Crippen molar-refractivity contribution < 1.29 is 59.4 Å². The molecule has 14 nitrogen and oxygen atoms in total. The van der Waals surface area contributed by atoms with Crippen molar-refractivity contribution in [3.05, 3.63) is 42.4 Å². The van der Waals surface area contributed by atoms with E-state index in [9.17, 15) is 45.2 Å². The quantitative estimate of drug-likeness (QED) is 0.250. The molecule has 4 aliphatic rings. The standard InChI is InChI=1S/C38H47F4N5O9S/c1-20-8-6-7-9-22-18-37(22,34(50)46-57(52,53)25-10-11-25)45-31(48)28-17-24(55-32-27-15-23(39)16-29(54-5)26(27)12-13-43-32)19-47(28)33(49)30(21(2)14-20)44-35(51)56-36(3,4)38(40,41)42/h7,9,12-13,15-16,20-22,24-25,28,30H,6,8,10-11,14,17-19H2,1-5H3,(H,44,51)(H,45,48)(H,46,50). The third kappa shape index (κ3) is 8.92. The minimum atomic E-state index is -4.93. The van der Waals surface area contributed by atoms with Gasteiger partial charge in [0.1, 0.15) is 35.3 Å². The lowest BCUT2D eigenvalue weighted by Gasteiger charge is -2.34. The Hall–Kier alpha value is -4.68. The highest BCUT2D eigenvalue weighted by molar-refractivity contribution is 7.91. The van der Waals surface area contributed by atoms with Crippen LogP contribution >= 0.6 is 0 Å². The van der Waals surface area contributed by atoms with Crippen molar-refractivity contribution in [3.8, 4) is 11.6 Å². The number of ether oxygens (including phenoxy) is 3. The second-order valence-electron chi connectivity index (χ2n) is 16.1. The Morgan fingerprint density at radius 2 is 1.79 bits per heavy atom. The van der Waals surface area contributed by atoms with Gasteiger partial charge in [-0.15, -0.1) is 0 Å². The van der Waals surface area contributed by atoms with Crippen LogP contribution in [0.3, 0.4) is 0 Å². The van der Waals surface area contributed by atoms with Crippen LogP contribution < -0.4 is 24.8 Å². The summed E-state index contributed by atoms with van der Waals surface area (Å²) in [5.41, 5.74) is -4.58. The van der Waals surface area contributed by atoms with Gasteiger partial charge >= 0.3 is 12.3 Å². The van der Waals surface area contributed by atoms with Gasteiger partial charge in [0.15, 0.2) is 0 Å². The highest BCUT2D eigenvalue weighted by atomic mass is 32.2. The van der Waals surface area contributed by atoms with E-state index in [1.807, 2.05) is 13.0 Å². The number of allylic oxidation sites excluding steroid dienone is 1. The van der Waals surface area contributed by atoms with Crippen molar-refractivity contribution in [2.45, 2.75) is 113 Å². The summed E-state index contributed by atoms with van der Waals surface area (Å²) in [7, 11) is -2.64. The van der Waals surface area contributed by atoms with Crippen LogP contribution in [0, 0.1) is 23.6 Å². The van der Waals surface area contributed by atoms with E-state index in [0.29, 0.717) is 51.3 Å². The zero-order valence-corrected chi connectivity index (χ0v) is 33.0. The number of carbonyl (C=O) groups is 4. The zero-order valence-electron chi connectivity index (χ0n) is 32.2. The number of alkyl carbamates (subject to hydrolysis) is 1. The number of hydrogen-bond acceptors (Lipinski definition) is 10. The number of hydrogen-bond donors (Lipinski definition) is 3. The lowest BCUT2D eigenvalue weighted by Crippen LogP contribution is -2.59. The maximum atomic E-state index is 14.7. The van der Waals surface area contributed by atoms with Crippen LogP contribution in [-0.4, -0.2) is 96.5 Å². The van der Waals surface area contributed by atoms with Crippen LogP contribution in [0.2, 0.25) is 0 Å². The van der Waals surface area contributed by atoms with E-state index in [0.717, 1.165) is 4.90 Å². The largest absolute Gasteiger partial charge is 0.496 e. The molecule has 3 fully saturated rings. The molecule has 312 valence electrons. The molecule has 0 bridgehead atoms. The van der Waals surface area contributed by atoms with Crippen LogP contribution in [0.1, 0.15) is 72.6 Å². The van der Waals surface area contributed by atoms with E-state index in [4.69, 9.17) is 14.2 Å². The second-order valence-corrected chi connectivity index (χ2v) is 18.1. The predicted molar refractivity (Wildman–Crippen MR) is 197 cm³/mol. The van der Waals surface area contributed by atoms with E-state index < -0.39 is 92.2 Å². The monoisotopic (exact) mass is 825 g/mol. The molecule has 3 N–H and O–H groups in total. The topological polar surface area (TPSA) is 182 Å². The van der Waals surface area contributed by atoms with Crippen LogP contribution in [0.15, 0.2) is 36.5 Å². The van der Waals surface area contributed by atoms with E-state index in [1.54, 1.807) is 19.1 Å². The van der Waals surface area contributed by atoms with E-state index >= 15 is 0 Å². The van der Waals surface area contributed by atoms with Gasteiger partial charge in [0, 0.05) is 30.0 Å². The minimum absolute atomic E-state index is 0.0470. The van der Waals surface area contributed by atoms with Crippen LogP contribution in [0.4, 0.5) is 22.4 Å². The summed E-state index contributed by atoms with van der Waals surface area (Å²) in [6, 6.07) is 1.08. The maximum absolute atomic E-state index is 14.7. The second kappa shape index (κ2) is 15.6. The molecule has 4 amide bonds. The number of aromatic nitrogens is 1. The molecule has 7 atom stereocenters. The van der Waals surface area contributed by atoms with E-state index in [1.165, 1.54) is 25.4 Å². The number of nitrogens with zero attached hydrogens (tertiary/aromatic N) is 2. The van der Waals surface area contributed by atoms with Gasteiger partial charge in [-0.1, -0.05) is 26.0 Å². The number of fused-ring (bicyclic) bond motifs is 3. The first-order valence-corrected chi connectivity index (χ1v) is 20.4. The Bertz CT molecular complexity index is 2060. The molecule has 3 heterocycles. The van der Waals surface area contributed by atoms with Crippen molar-refractivity contribution in [1.29, 1.82) is 0 Å². The van der Waals surface area contributed by atoms with Gasteiger partial charge in [-0.05, 0) is 76.3 Å². The van der Waals surface area contributed by atoms with Crippen molar-refractivity contribution in [2.24, 2.45) is 17.8 Å². The van der Waals surface area contributed by atoms with Crippen molar-refractivity contribution in [1.82, 2.24) is 25.2 Å². The molecule has 0 radical (unpaired) electrons. The van der Waals surface area contributed by atoms with Crippen LogP contribution in [0.5, 0.6) is 11.6 Å². The fraction of sp³-hybridized carbons (Fsp3) is 0.605. The van der Waals surface area contributed by atoms with Gasteiger partial charge in [-0.2, -0.15) is 13.2 Å². The van der Waals surface area contributed by atoms with E-state index in [-0.39, 0.29) is 42.3 Å². The Balaban J connectivity index is 1.36. The summed E-state index contributed by atoms with van der Waals surface area (Å²) in [5.74, 6) is -4.40. The number of nitrogens with one attached hydrogen (secondary N) is 3. The molecule has 6 rings (SSSR count). The predicted octanol–water partition coefficient (Wildman–Crippen LogP) is 4.66. The first-order chi connectivity index (χ1) is 26.7. The van der Waals surface area contributed by atoms with Gasteiger partial charge in [0.2, 0.25) is 33.3 Å². The van der Waals surface area contributed by atoms with Gasteiger partial charge in [0.25, 0.3) is 5.91 Å². The number of benzene rings is 1. The zero-order chi connectivity index (χ0) is 41.7. The lowest BCUT2D eigenvalue weighted by molar-refractivity contribution is -0.244. The number of sulfonamides is 1. The molecule has 2 saturated carbocycles. The number of methoxy groups -OCH3 is 1. The Morgan fingerprint density at radius 3 is 2.46 bits per heavy atom. The maximum Gasteiger partial charge on any atom is 0.427 e. The molecule has 2 aliphatic carbocycles. The fourth-order valence-electron chi connectivity index (χ4n) is 7.56. The Labute approximate surface area is 327 Å². The molecule has 1 saturated heterocycles. The van der Waals surface area contributed by atoms with Gasteiger partial charge in [-0.25, -0.2) is 22.6 Å². The number of carbonyl (C=O) groups excluding carboxylic acids is 4. The SMILES string of the molecule is COc1cc(F)cc2c(OC3CC4C(=O)NC5(C(=O)NS(=O)(=O)C6CC6)CC5C=CCCC(C)CC(C)C(NC(=O)OC(C)(C)C(F)(F)F)C(=O)N4C3)nccc12. The Morgan fingerprint density at radius 1 is 1.07 bits per heavy atom. The molecule has 1 aromatic heterocycles. The normalized spacial score (nSPS) is 28.6. The number of pyridine rings is 1. The summed E-state index contributed by atoms with van der Waals surface area (Å²) in [5, 5.41) is 5.04. The van der Waals surface area contributed by atoms with Crippen LogP contribution in [-0.2, 0) is 29.1 Å². The first-order valence-electron chi connectivity index (χ1n) is 18.9. The molecule has 7 unspecified atom stereocenters. The molecule has 19 heteroatoms. The van der Waals surface area contributed by atoms with E-state index in [2.05, 4.69) is 20.3 Å². The number of halogens is 4. The molecule has 57 heavy (non-hydrogen) atoms. The summed E-state index contributed by atoms with van der Waals surface area (Å²) < 4.78 is 99.9. The summed E-state index contributed by atoms with van der Waals surface area (Å²) in [6.07, 6.45) is -0.334. The Kier molecular flexibility index (Phi) is 11.5. The first kappa shape index (κ1) is 41.9. The average molecular weight is 826 g/mol. The van der Waals surface area contributed by atoms with Crippen molar-refractivity contribution in [3.63, 3.8) is 0 Å². The fourth-order valence-corrected chi connectivity index (χ4v) is 8.92. The van der Waals surface area contributed by atoms with Crippen molar-refractivity contribution in [2.75, 3.05) is 13.7 Å². The highest BCUT2D eigenvalue weighted by Crippen LogP contribution is 2.46. The third-order valence-electron chi connectivity index (χ3n) is 11.2. The number of rotatable bonds is 8. The average Bonchev–Trinajstić information content (AvgIpc) is 4.04. The molecule has 2 aliphatic heterocycles. The summed E-state index contributed by atoms with van der Waals surface area (Å²) in [4.78, 5) is 61.3. The van der Waals surface area contributed by atoms with Gasteiger partial charge < -0.3 is 29.7 Å². The summed E-state index contributed by atoms with van der Waals surface area (Å²) in [6.45, 7) is 4.60. The highest BCUT2D eigenvalue weighted by Gasteiger charge is 2.62. The molecular formula is C38H47F4N5O9S. The van der Waals surface area contributed by atoms with Crippen molar-refractivity contribution >= 4 is 44.6 Å². The molecule has 1 aromatic carbocycles. The van der Waals surface area contributed by atoms with Gasteiger partial charge in [-0.3, -0.25) is 19.1 Å². The summed E-state index contributed by atoms with van der Waals surface area (Å²) >= 11 is 0. The number of alkyl halides is 3. The van der Waals surface area contributed by atoms with Gasteiger partial charge in [0.05, 0.1) is 24.3 Å². The molecular weight excluding hydrogens is 779 g/mol.